The number of aliphatic carboxylic acids is 6. The monoisotopic (exact) mass is 336 g/mol. The van der Waals surface area contributed by atoms with Crippen LogP contribution in [0.15, 0.2) is 0 Å². The molecule has 0 amide bonds. The molecular weight excluding hydrogens is 324 g/mol. The number of carbonyl (C=O) groups is 6. The van der Waals surface area contributed by atoms with Gasteiger partial charge in [0.15, 0.2) is 11.3 Å². The van der Waals surface area contributed by atoms with Gasteiger partial charge in [0.05, 0.1) is 12.3 Å². The fraction of sp³-hybridized carbons (Fsp3) is 0.455. The predicted molar refractivity (Wildman–Crippen MR) is 64.5 cm³/mol. The summed E-state index contributed by atoms with van der Waals surface area (Å²) in [6.45, 7) is 0. The summed E-state index contributed by atoms with van der Waals surface area (Å²) in [6, 6.07) is 0. The van der Waals surface area contributed by atoms with Crippen molar-refractivity contribution >= 4 is 35.8 Å². The van der Waals surface area contributed by atoms with E-state index in [0.717, 1.165) is 0 Å². The molecule has 12 heteroatoms. The van der Waals surface area contributed by atoms with Crippen molar-refractivity contribution in [2.45, 2.75) is 12.8 Å². The third-order valence-corrected chi connectivity index (χ3v) is 3.15. The second-order valence-corrected chi connectivity index (χ2v) is 4.51. The highest BCUT2D eigenvalue weighted by Crippen LogP contribution is 2.37. The molecule has 0 spiro atoms. The van der Waals surface area contributed by atoms with Crippen LogP contribution in [0.5, 0.6) is 0 Å². The summed E-state index contributed by atoms with van der Waals surface area (Å²) in [5.74, 6) is -17.9. The summed E-state index contributed by atoms with van der Waals surface area (Å²) in [7, 11) is 0. The van der Waals surface area contributed by atoms with Crippen molar-refractivity contribution in [3.8, 4) is 0 Å². The van der Waals surface area contributed by atoms with Gasteiger partial charge in [-0.15, -0.1) is 0 Å². The van der Waals surface area contributed by atoms with Crippen molar-refractivity contribution in [1.29, 1.82) is 0 Å². The van der Waals surface area contributed by atoms with Gasteiger partial charge in [0.25, 0.3) is 0 Å². The first-order valence-corrected chi connectivity index (χ1v) is 5.74. The molecule has 1 unspecified atom stereocenters. The van der Waals surface area contributed by atoms with Gasteiger partial charge >= 0.3 is 35.8 Å². The van der Waals surface area contributed by atoms with E-state index in [1.807, 2.05) is 0 Å². The van der Waals surface area contributed by atoms with Gasteiger partial charge in [0, 0.05) is 0 Å². The molecule has 0 saturated heterocycles. The lowest BCUT2D eigenvalue weighted by atomic mass is 9.69. The molecule has 23 heavy (non-hydrogen) atoms. The van der Waals surface area contributed by atoms with Crippen molar-refractivity contribution in [1.82, 2.24) is 0 Å². The van der Waals surface area contributed by atoms with Crippen LogP contribution >= 0.6 is 0 Å². The van der Waals surface area contributed by atoms with Crippen LogP contribution in [0.1, 0.15) is 12.8 Å². The van der Waals surface area contributed by atoms with E-state index < -0.39 is 65.9 Å². The first-order chi connectivity index (χ1) is 10.4. The molecule has 0 aromatic heterocycles. The van der Waals surface area contributed by atoms with E-state index in [1.165, 1.54) is 0 Å². The normalized spacial score (nSPS) is 12.4. The lowest BCUT2D eigenvalue weighted by molar-refractivity contribution is -0.182. The van der Waals surface area contributed by atoms with Crippen LogP contribution in [-0.2, 0) is 28.8 Å². The summed E-state index contributed by atoms with van der Waals surface area (Å²) in [5.41, 5.74) is -3.43. The number of hydrogen-bond acceptors (Lipinski definition) is 6. The van der Waals surface area contributed by atoms with Crippen LogP contribution in [0.25, 0.3) is 0 Å². The van der Waals surface area contributed by atoms with Gasteiger partial charge in [-0.2, -0.15) is 0 Å². The molecule has 0 fully saturated rings. The number of rotatable bonds is 10. The van der Waals surface area contributed by atoms with Crippen molar-refractivity contribution in [3.05, 3.63) is 0 Å². The van der Waals surface area contributed by atoms with E-state index in [0.29, 0.717) is 0 Å². The zero-order valence-corrected chi connectivity index (χ0v) is 11.2. The maximum Gasteiger partial charge on any atom is 0.322 e. The Hall–Kier alpha value is -3.18. The minimum Gasteiger partial charge on any atom is -0.481 e. The highest BCUT2D eigenvalue weighted by molar-refractivity contribution is 6.05. The number of carboxylic acids is 6. The highest BCUT2D eigenvalue weighted by atomic mass is 16.4. The maximum atomic E-state index is 11.3. The fourth-order valence-electron chi connectivity index (χ4n) is 1.96. The second-order valence-electron chi connectivity index (χ2n) is 4.51. The maximum absolute atomic E-state index is 11.3. The Morgan fingerprint density at radius 3 is 1.30 bits per heavy atom. The van der Waals surface area contributed by atoms with E-state index in [9.17, 15) is 28.8 Å². The molecule has 0 saturated carbocycles. The third kappa shape index (κ3) is 4.15. The smallest absolute Gasteiger partial charge is 0.322 e. The third-order valence-electron chi connectivity index (χ3n) is 3.15. The van der Waals surface area contributed by atoms with Gasteiger partial charge in [-0.1, -0.05) is 0 Å². The van der Waals surface area contributed by atoms with Crippen LogP contribution in [0.4, 0.5) is 0 Å². The Balaban J connectivity index is 6.19. The van der Waals surface area contributed by atoms with Gasteiger partial charge in [0.2, 0.25) is 0 Å². The summed E-state index contributed by atoms with van der Waals surface area (Å²) >= 11 is 0. The Labute approximate surface area is 126 Å². The molecule has 0 aromatic carbocycles. The molecule has 0 aliphatic carbocycles. The number of carboxylic acid groups (broad SMARTS) is 6. The predicted octanol–water partition coefficient (Wildman–Crippen LogP) is -1.51. The zero-order chi connectivity index (χ0) is 18.5. The minimum absolute atomic E-state index is 1.42. The average molecular weight is 336 g/mol. The van der Waals surface area contributed by atoms with Crippen molar-refractivity contribution < 1.29 is 59.4 Å². The molecule has 0 aliphatic rings. The fourth-order valence-corrected chi connectivity index (χ4v) is 1.96. The van der Waals surface area contributed by atoms with Gasteiger partial charge < -0.3 is 30.6 Å². The summed E-state index contributed by atoms with van der Waals surface area (Å²) in [4.78, 5) is 66.1. The van der Waals surface area contributed by atoms with Gasteiger partial charge in [-0.3, -0.25) is 28.8 Å². The Bertz CT molecular complexity index is 533. The molecule has 1 atom stereocenters. The van der Waals surface area contributed by atoms with E-state index >= 15 is 0 Å². The Morgan fingerprint density at radius 1 is 0.696 bits per heavy atom. The molecule has 0 rings (SSSR count). The minimum atomic E-state index is -3.43. The Kier molecular flexibility index (Phi) is 6.20. The van der Waals surface area contributed by atoms with Crippen LogP contribution < -0.4 is 0 Å². The van der Waals surface area contributed by atoms with Crippen LogP contribution in [0.2, 0.25) is 0 Å². The van der Waals surface area contributed by atoms with E-state index in [1.54, 1.807) is 0 Å². The topological polar surface area (TPSA) is 224 Å². The molecule has 0 radical (unpaired) electrons. The average Bonchev–Trinajstić information content (AvgIpc) is 2.34. The first kappa shape index (κ1) is 19.8. The largest absolute Gasteiger partial charge is 0.481 e. The standard InChI is InChI=1S/C11H12O12/c12-5(13)2-11(9(20)21,10(22)23)4(8(18)19)1-3(6(14)15)7(16)17/h3-4H,1-2H2,(H,12,13)(H,14,15)(H,16,17)(H,18,19)(H,20,21)(H,22,23). The number of hydrogen-bond donors (Lipinski definition) is 6. The van der Waals surface area contributed by atoms with Crippen molar-refractivity contribution in [3.63, 3.8) is 0 Å². The molecule has 6 N–H and O–H groups in total. The molecule has 12 nitrogen and oxygen atoms in total. The lowest BCUT2D eigenvalue weighted by Crippen LogP contribution is -2.51. The summed E-state index contributed by atoms with van der Waals surface area (Å²) in [5, 5.41) is 53.2. The van der Waals surface area contributed by atoms with Gasteiger partial charge in [0.1, 0.15) is 0 Å². The second kappa shape index (κ2) is 7.20. The quantitative estimate of drug-likeness (QED) is 0.250. The van der Waals surface area contributed by atoms with E-state index in [-0.39, 0.29) is 0 Å². The molecular formula is C11H12O12. The first-order valence-electron chi connectivity index (χ1n) is 5.74. The van der Waals surface area contributed by atoms with E-state index in [4.69, 9.17) is 30.6 Å². The van der Waals surface area contributed by atoms with Crippen LogP contribution in [0, 0.1) is 17.3 Å². The molecule has 0 aliphatic heterocycles. The zero-order valence-electron chi connectivity index (χ0n) is 11.2. The summed E-state index contributed by atoms with van der Waals surface area (Å²) < 4.78 is 0. The molecule has 0 aromatic rings. The summed E-state index contributed by atoms with van der Waals surface area (Å²) in [6.07, 6.45) is -3.10. The SMILES string of the molecule is O=C(O)CC(C(=O)O)(C(=O)O)C(CC(C(=O)O)C(=O)O)C(=O)O. The Morgan fingerprint density at radius 2 is 1.09 bits per heavy atom. The van der Waals surface area contributed by atoms with Gasteiger partial charge in [-0.05, 0) is 6.42 Å². The lowest BCUT2D eigenvalue weighted by Gasteiger charge is -2.30. The van der Waals surface area contributed by atoms with Crippen molar-refractivity contribution in [2.75, 3.05) is 0 Å². The molecule has 0 bridgehead atoms. The van der Waals surface area contributed by atoms with E-state index in [2.05, 4.69) is 0 Å². The van der Waals surface area contributed by atoms with Crippen LogP contribution in [-0.4, -0.2) is 66.5 Å². The van der Waals surface area contributed by atoms with Gasteiger partial charge in [-0.25, -0.2) is 0 Å². The molecule has 128 valence electrons. The van der Waals surface area contributed by atoms with Crippen LogP contribution in [0.3, 0.4) is 0 Å². The highest BCUT2D eigenvalue weighted by Gasteiger charge is 2.59. The van der Waals surface area contributed by atoms with Crippen molar-refractivity contribution in [2.24, 2.45) is 17.3 Å². The molecule has 0 heterocycles.